The van der Waals surface area contributed by atoms with Gasteiger partial charge in [-0.05, 0) is 56.5 Å². The third-order valence-corrected chi connectivity index (χ3v) is 4.12. The number of benzene rings is 1. The maximum absolute atomic E-state index is 9.47. The van der Waals surface area contributed by atoms with Gasteiger partial charge < -0.3 is 9.47 Å². The van der Waals surface area contributed by atoms with Crippen LogP contribution in [-0.2, 0) is 0 Å². The summed E-state index contributed by atoms with van der Waals surface area (Å²) in [7, 11) is 0. The van der Waals surface area contributed by atoms with Crippen LogP contribution in [0.4, 0.5) is 5.69 Å². The van der Waals surface area contributed by atoms with E-state index in [1.54, 1.807) is 0 Å². The molecule has 0 radical (unpaired) electrons. The molecule has 1 saturated heterocycles. The molecule has 20 heavy (non-hydrogen) atoms. The minimum Gasteiger partial charge on any atom is -0.368 e. The van der Waals surface area contributed by atoms with Gasteiger partial charge in [-0.15, -0.1) is 0 Å². The second-order valence-corrected chi connectivity index (χ2v) is 5.44. The molecule has 1 aromatic carbocycles. The van der Waals surface area contributed by atoms with Gasteiger partial charge in [-0.2, -0.15) is 5.26 Å². The van der Waals surface area contributed by atoms with Crippen molar-refractivity contribution >= 4 is 5.69 Å². The minimum absolute atomic E-state index is 0.522. The van der Waals surface area contributed by atoms with E-state index in [1.165, 1.54) is 19.3 Å². The molecular formula is C17H19N3. The van der Waals surface area contributed by atoms with Crippen molar-refractivity contribution in [2.75, 3.05) is 11.4 Å². The van der Waals surface area contributed by atoms with Crippen molar-refractivity contribution in [1.29, 1.82) is 5.26 Å². The zero-order valence-electron chi connectivity index (χ0n) is 11.8. The van der Waals surface area contributed by atoms with Crippen LogP contribution in [-0.4, -0.2) is 17.2 Å². The second kappa shape index (κ2) is 5.42. The summed E-state index contributed by atoms with van der Waals surface area (Å²) in [6.07, 6.45) is 7.72. The van der Waals surface area contributed by atoms with Crippen molar-refractivity contribution in [3.63, 3.8) is 0 Å². The van der Waals surface area contributed by atoms with Gasteiger partial charge in [0.2, 0.25) is 0 Å². The summed E-state index contributed by atoms with van der Waals surface area (Å²) in [6, 6.07) is 13.0. The Labute approximate surface area is 120 Å². The van der Waals surface area contributed by atoms with Gasteiger partial charge in [0.25, 0.3) is 0 Å². The van der Waals surface area contributed by atoms with Gasteiger partial charge >= 0.3 is 0 Å². The van der Waals surface area contributed by atoms with E-state index in [0.717, 1.165) is 23.5 Å². The quantitative estimate of drug-likeness (QED) is 0.828. The molecule has 0 saturated carbocycles. The molecule has 2 aromatic rings. The van der Waals surface area contributed by atoms with E-state index < -0.39 is 0 Å². The molecule has 2 heterocycles. The van der Waals surface area contributed by atoms with Crippen molar-refractivity contribution in [1.82, 2.24) is 4.57 Å². The highest BCUT2D eigenvalue weighted by molar-refractivity contribution is 5.63. The minimum atomic E-state index is 0.522. The lowest BCUT2D eigenvalue weighted by Crippen LogP contribution is -2.37. The van der Waals surface area contributed by atoms with E-state index in [9.17, 15) is 5.26 Å². The highest BCUT2D eigenvalue weighted by Gasteiger charge is 2.21. The van der Waals surface area contributed by atoms with Crippen LogP contribution in [0, 0.1) is 11.3 Å². The first-order valence-electron chi connectivity index (χ1n) is 7.24. The standard InChI is InChI=1S/C17H19N3/c1-14-6-2-3-11-20(14)17-8-7-16(12-15(17)13-18)19-9-4-5-10-19/h4-5,7-10,12,14H,2-3,6,11H2,1H3/t14-/m1/s1. The Balaban J connectivity index is 1.98. The highest BCUT2D eigenvalue weighted by Crippen LogP contribution is 2.29. The Hall–Kier alpha value is -2.21. The van der Waals surface area contributed by atoms with Crippen LogP contribution < -0.4 is 4.90 Å². The van der Waals surface area contributed by atoms with Crippen LogP contribution in [0.2, 0.25) is 0 Å². The van der Waals surface area contributed by atoms with Gasteiger partial charge in [-0.3, -0.25) is 0 Å². The highest BCUT2D eigenvalue weighted by atomic mass is 15.2. The van der Waals surface area contributed by atoms with E-state index in [1.807, 2.05) is 35.2 Å². The molecule has 102 valence electrons. The first kappa shape index (κ1) is 12.8. The maximum atomic E-state index is 9.47. The molecule has 0 amide bonds. The first-order valence-corrected chi connectivity index (χ1v) is 7.24. The van der Waals surface area contributed by atoms with Gasteiger partial charge in [0, 0.05) is 30.7 Å². The summed E-state index contributed by atoms with van der Waals surface area (Å²) in [5.74, 6) is 0. The van der Waals surface area contributed by atoms with Gasteiger partial charge in [0.15, 0.2) is 0 Å². The largest absolute Gasteiger partial charge is 0.368 e. The lowest BCUT2D eigenvalue weighted by atomic mass is 10.0. The third kappa shape index (κ3) is 2.30. The Kier molecular flexibility index (Phi) is 3.47. The van der Waals surface area contributed by atoms with Crippen molar-refractivity contribution in [3.8, 4) is 11.8 Å². The molecule has 0 spiro atoms. The van der Waals surface area contributed by atoms with Crippen molar-refractivity contribution < 1.29 is 0 Å². The number of hydrogen-bond acceptors (Lipinski definition) is 2. The van der Waals surface area contributed by atoms with Crippen LogP contribution in [0.25, 0.3) is 5.69 Å². The van der Waals surface area contributed by atoms with Gasteiger partial charge in [0.05, 0.1) is 11.3 Å². The first-order chi connectivity index (χ1) is 9.79. The molecule has 1 aliphatic rings. The van der Waals surface area contributed by atoms with Crippen LogP contribution in [0.3, 0.4) is 0 Å². The third-order valence-electron chi connectivity index (χ3n) is 4.12. The normalized spacial score (nSPS) is 18.8. The molecule has 3 rings (SSSR count). The lowest BCUT2D eigenvalue weighted by molar-refractivity contribution is 0.484. The van der Waals surface area contributed by atoms with Gasteiger partial charge in [-0.25, -0.2) is 0 Å². The maximum Gasteiger partial charge on any atom is 0.101 e. The molecule has 3 heteroatoms. The zero-order valence-corrected chi connectivity index (χ0v) is 11.8. The summed E-state index contributed by atoms with van der Waals surface area (Å²) in [6.45, 7) is 3.30. The molecule has 0 unspecified atom stereocenters. The summed E-state index contributed by atoms with van der Waals surface area (Å²) in [5.41, 5.74) is 2.89. The number of nitrogens with zero attached hydrogens (tertiary/aromatic N) is 3. The second-order valence-electron chi connectivity index (χ2n) is 5.44. The smallest absolute Gasteiger partial charge is 0.101 e. The monoisotopic (exact) mass is 265 g/mol. The van der Waals surface area contributed by atoms with Gasteiger partial charge in [0.1, 0.15) is 6.07 Å². The summed E-state index contributed by atoms with van der Waals surface area (Å²) in [5, 5.41) is 9.47. The number of piperidine rings is 1. The molecule has 0 bridgehead atoms. The van der Waals surface area contributed by atoms with Crippen LogP contribution in [0.1, 0.15) is 31.7 Å². The van der Waals surface area contributed by atoms with Crippen LogP contribution in [0.15, 0.2) is 42.7 Å². The number of anilines is 1. The Bertz CT molecular complexity index is 622. The van der Waals surface area contributed by atoms with E-state index >= 15 is 0 Å². The fourth-order valence-corrected chi connectivity index (χ4v) is 2.99. The summed E-state index contributed by atoms with van der Waals surface area (Å²) < 4.78 is 2.03. The van der Waals surface area contributed by atoms with Crippen LogP contribution >= 0.6 is 0 Å². The van der Waals surface area contributed by atoms with E-state index in [-0.39, 0.29) is 0 Å². The molecular weight excluding hydrogens is 246 g/mol. The number of nitriles is 1. The molecule has 3 nitrogen and oxygen atoms in total. The SMILES string of the molecule is C[C@@H]1CCCCN1c1ccc(-n2cccc2)cc1C#N. The average molecular weight is 265 g/mol. The molecule has 1 atom stereocenters. The predicted octanol–water partition coefficient (Wildman–Crippen LogP) is 3.73. The Morgan fingerprint density at radius 1 is 1.20 bits per heavy atom. The van der Waals surface area contributed by atoms with Crippen molar-refractivity contribution in [3.05, 3.63) is 48.3 Å². The van der Waals surface area contributed by atoms with E-state index in [0.29, 0.717) is 6.04 Å². The Morgan fingerprint density at radius 2 is 2.00 bits per heavy atom. The number of hydrogen-bond donors (Lipinski definition) is 0. The Morgan fingerprint density at radius 3 is 2.70 bits per heavy atom. The predicted molar refractivity (Wildman–Crippen MR) is 81.1 cm³/mol. The van der Waals surface area contributed by atoms with E-state index in [4.69, 9.17) is 0 Å². The van der Waals surface area contributed by atoms with Crippen molar-refractivity contribution in [2.45, 2.75) is 32.2 Å². The molecule has 1 aromatic heterocycles. The number of rotatable bonds is 2. The summed E-state index contributed by atoms with van der Waals surface area (Å²) >= 11 is 0. The lowest BCUT2D eigenvalue weighted by Gasteiger charge is -2.36. The average Bonchev–Trinajstić information content (AvgIpc) is 3.01. The molecule has 1 aliphatic heterocycles. The fraction of sp³-hybridized carbons (Fsp3) is 0.353. The van der Waals surface area contributed by atoms with E-state index in [2.05, 4.69) is 30.0 Å². The topological polar surface area (TPSA) is 32.0 Å². The zero-order chi connectivity index (χ0) is 13.9. The number of aromatic nitrogens is 1. The van der Waals surface area contributed by atoms with Gasteiger partial charge in [-0.1, -0.05) is 0 Å². The molecule has 0 aliphatic carbocycles. The fourth-order valence-electron chi connectivity index (χ4n) is 2.99. The molecule has 1 fully saturated rings. The van der Waals surface area contributed by atoms with Crippen molar-refractivity contribution in [2.24, 2.45) is 0 Å². The van der Waals surface area contributed by atoms with Crippen LogP contribution in [0.5, 0.6) is 0 Å². The summed E-state index contributed by atoms with van der Waals surface area (Å²) in [4.78, 5) is 2.38. The molecule has 0 N–H and O–H groups in total.